The Balaban J connectivity index is 1.09. The second kappa shape index (κ2) is 13.3. The SMILES string of the molecule is c1ccc(-c2ccc(N(c3ccc4c(c3)C3(c5ccccc5-c5ccccc5-4)c4ccccc4-c4cc5oc6ccccc6c5cc43)c3ccc4c(c3)oc3ccccc34)cc2)cc1. The fraction of sp³-hybridized carbons (Fsp3) is 0.0164. The molecule has 3 heteroatoms. The van der Waals surface area contributed by atoms with Crippen molar-refractivity contribution in [3.05, 3.63) is 247 Å². The Kier molecular flexibility index (Phi) is 7.32. The molecule has 2 aliphatic rings. The van der Waals surface area contributed by atoms with Crippen LogP contribution in [0.3, 0.4) is 0 Å². The van der Waals surface area contributed by atoms with Gasteiger partial charge in [0.15, 0.2) is 0 Å². The van der Waals surface area contributed by atoms with Crippen LogP contribution in [0.5, 0.6) is 0 Å². The molecule has 1 spiro atoms. The van der Waals surface area contributed by atoms with Crippen LogP contribution in [0, 0.1) is 0 Å². The van der Waals surface area contributed by atoms with E-state index >= 15 is 0 Å². The largest absolute Gasteiger partial charge is 0.456 e. The lowest BCUT2D eigenvalue weighted by atomic mass is 9.65. The zero-order valence-electron chi connectivity index (χ0n) is 34.6. The molecule has 0 fully saturated rings. The monoisotopic (exact) mass is 815 g/mol. The summed E-state index contributed by atoms with van der Waals surface area (Å²) in [5.41, 5.74) is 20.7. The predicted octanol–water partition coefficient (Wildman–Crippen LogP) is 16.6. The molecule has 64 heavy (non-hydrogen) atoms. The van der Waals surface area contributed by atoms with Crippen molar-refractivity contribution in [2.24, 2.45) is 0 Å². The third-order valence-electron chi connectivity index (χ3n) is 13.9. The van der Waals surface area contributed by atoms with E-state index in [0.717, 1.165) is 60.9 Å². The van der Waals surface area contributed by atoms with E-state index in [-0.39, 0.29) is 0 Å². The lowest BCUT2D eigenvalue weighted by Crippen LogP contribution is -2.29. The molecule has 1 unspecified atom stereocenters. The van der Waals surface area contributed by atoms with Crippen LogP contribution in [-0.2, 0) is 5.41 Å². The number of nitrogens with zero attached hydrogens (tertiary/aromatic N) is 1. The quantitative estimate of drug-likeness (QED) is 0.177. The molecule has 2 heterocycles. The van der Waals surface area contributed by atoms with Gasteiger partial charge in [0, 0.05) is 44.7 Å². The van der Waals surface area contributed by atoms with E-state index in [4.69, 9.17) is 8.83 Å². The van der Waals surface area contributed by atoms with Crippen LogP contribution in [0.15, 0.2) is 233 Å². The minimum Gasteiger partial charge on any atom is -0.456 e. The standard InChI is InChI=1S/C61H37NO2/c1-2-14-38(15-3-1)39-26-28-40(29-27-39)62(42-31-33-50-48-20-8-12-24-57(48)63-59(50)35-42)41-30-32-47-44-17-5-4-16-43(44)45-18-6-10-22-53(45)61(55(47)34-41)54-23-11-7-19-46(54)51-37-60-52(36-56(51)61)49-21-9-13-25-58(49)64-60/h1-37H. The topological polar surface area (TPSA) is 29.5 Å². The highest BCUT2D eigenvalue weighted by atomic mass is 16.3. The smallest absolute Gasteiger partial charge is 0.137 e. The van der Waals surface area contributed by atoms with Gasteiger partial charge in [-0.3, -0.25) is 0 Å². The van der Waals surface area contributed by atoms with Gasteiger partial charge in [-0.15, -0.1) is 0 Å². The summed E-state index contributed by atoms with van der Waals surface area (Å²) in [6.07, 6.45) is 0. The Morgan fingerprint density at radius 1 is 0.266 bits per heavy atom. The van der Waals surface area contributed by atoms with Gasteiger partial charge >= 0.3 is 0 Å². The van der Waals surface area contributed by atoms with Crippen LogP contribution in [-0.4, -0.2) is 0 Å². The van der Waals surface area contributed by atoms with E-state index in [2.05, 4.69) is 217 Å². The molecule has 3 nitrogen and oxygen atoms in total. The molecule has 2 aromatic heterocycles. The Morgan fingerprint density at radius 3 is 1.44 bits per heavy atom. The van der Waals surface area contributed by atoms with Gasteiger partial charge in [0.2, 0.25) is 0 Å². The fourth-order valence-electron chi connectivity index (χ4n) is 11.2. The molecule has 0 saturated carbocycles. The summed E-state index contributed by atoms with van der Waals surface area (Å²) < 4.78 is 13.2. The summed E-state index contributed by atoms with van der Waals surface area (Å²) in [7, 11) is 0. The van der Waals surface area contributed by atoms with E-state index in [1.807, 2.05) is 12.1 Å². The van der Waals surface area contributed by atoms with Gasteiger partial charge in [-0.05, 0) is 127 Å². The molecule has 10 aromatic carbocycles. The van der Waals surface area contributed by atoms with Crippen LogP contribution >= 0.6 is 0 Å². The highest BCUT2D eigenvalue weighted by Crippen LogP contribution is 2.63. The maximum atomic E-state index is 6.60. The van der Waals surface area contributed by atoms with Crippen molar-refractivity contribution < 1.29 is 8.83 Å². The Hall–Kier alpha value is -8.40. The fourth-order valence-corrected chi connectivity index (χ4v) is 11.2. The summed E-state index contributed by atoms with van der Waals surface area (Å²) in [6.45, 7) is 0. The average Bonchev–Trinajstić information content (AvgIpc) is 3.99. The molecule has 0 saturated heterocycles. The van der Waals surface area contributed by atoms with E-state index in [1.54, 1.807) is 0 Å². The maximum absolute atomic E-state index is 6.60. The van der Waals surface area contributed by atoms with Gasteiger partial charge in [-0.25, -0.2) is 0 Å². The van der Waals surface area contributed by atoms with Crippen LogP contribution in [0.1, 0.15) is 22.3 Å². The molecule has 0 N–H and O–H groups in total. The number of rotatable bonds is 4. The minimum absolute atomic E-state index is 0.690. The number of benzene rings is 10. The van der Waals surface area contributed by atoms with Gasteiger partial charge in [0.25, 0.3) is 0 Å². The van der Waals surface area contributed by atoms with Crippen molar-refractivity contribution >= 4 is 60.9 Å². The maximum Gasteiger partial charge on any atom is 0.137 e. The summed E-state index contributed by atoms with van der Waals surface area (Å²) >= 11 is 0. The number of fused-ring (bicyclic) bond motifs is 18. The van der Waals surface area contributed by atoms with Crippen LogP contribution in [0.25, 0.3) is 88.4 Å². The Labute approximate surface area is 369 Å². The third-order valence-corrected chi connectivity index (χ3v) is 13.9. The van der Waals surface area contributed by atoms with Gasteiger partial charge in [-0.1, -0.05) is 158 Å². The molecule has 12 aromatic rings. The zero-order chi connectivity index (χ0) is 41.9. The average molecular weight is 816 g/mol. The van der Waals surface area contributed by atoms with Crippen LogP contribution in [0.2, 0.25) is 0 Å². The molecule has 0 aliphatic heterocycles. The molecule has 0 bridgehead atoms. The molecule has 0 radical (unpaired) electrons. The van der Waals surface area contributed by atoms with Crippen molar-refractivity contribution in [3.8, 4) is 44.5 Å². The van der Waals surface area contributed by atoms with Crippen molar-refractivity contribution in [3.63, 3.8) is 0 Å². The molecule has 14 rings (SSSR count). The molecule has 2 aliphatic carbocycles. The summed E-state index contributed by atoms with van der Waals surface area (Å²) in [5, 5.41) is 4.46. The first-order valence-electron chi connectivity index (χ1n) is 22.0. The van der Waals surface area contributed by atoms with Gasteiger partial charge in [0.1, 0.15) is 22.3 Å². The number of para-hydroxylation sites is 2. The highest BCUT2D eigenvalue weighted by molar-refractivity contribution is 6.09. The van der Waals surface area contributed by atoms with Crippen molar-refractivity contribution in [2.45, 2.75) is 5.41 Å². The summed E-state index contributed by atoms with van der Waals surface area (Å²) in [5.74, 6) is 0. The number of furan rings is 2. The molecular weight excluding hydrogens is 779 g/mol. The van der Waals surface area contributed by atoms with Gasteiger partial charge in [-0.2, -0.15) is 0 Å². The first kappa shape index (κ1) is 35.2. The molecular formula is C61H37NO2. The highest BCUT2D eigenvalue weighted by Gasteiger charge is 2.50. The van der Waals surface area contributed by atoms with E-state index < -0.39 is 5.41 Å². The number of anilines is 3. The van der Waals surface area contributed by atoms with Crippen molar-refractivity contribution in [1.29, 1.82) is 0 Å². The van der Waals surface area contributed by atoms with E-state index in [9.17, 15) is 0 Å². The molecule has 298 valence electrons. The predicted molar refractivity (Wildman–Crippen MR) is 263 cm³/mol. The van der Waals surface area contributed by atoms with Gasteiger partial charge in [0.05, 0.1) is 5.41 Å². The third kappa shape index (κ3) is 4.86. The Bertz CT molecular complexity index is 3860. The Morgan fingerprint density at radius 2 is 0.734 bits per heavy atom. The lowest BCUT2D eigenvalue weighted by Gasteiger charge is -2.36. The van der Waals surface area contributed by atoms with Crippen LogP contribution < -0.4 is 4.90 Å². The minimum atomic E-state index is -0.690. The summed E-state index contributed by atoms with van der Waals surface area (Å²) in [6, 6.07) is 81.9. The summed E-state index contributed by atoms with van der Waals surface area (Å²) in [4.78, 5) is 2.40. The van der Waals surface area contributed by atoms with Crippen LogP contribution in [0.4, 0.5) is 17.1 Å². The molecule has 1 atom stereocenters. The zero-order valence-corrected chi connectivity index (χ0v) is 34.6. The van der Waals surface area contributed by atoms with Gasteiger partial charge < -0.3 is 13.7 Å². The van der Waals surface area contributed by atoms with E-state index in [1.165, 1.54) is 66.8 Å². The number of hydrogen-bond acceptors (Lipinski definition) is 3. The normalized spacial score (nSPS) is 14.6. The second-order valence-electron chi connectivity index (χ2n) is 17.1. The first-order valence-corrected chi connectivity index (χ1v) is 22.0. The van der Waals surface area contributed by atoms with Crippen molar-refractivity contribution in [1.82, 2.24) is 0 Å². The molecule has 0 amide bonds. The first-order chi connectivity index (χ1) is 31.7. The second-order valence-corrected chi connectivity index (χ2v) is 17.1. The lowest BCUT2D eigenvalue weighted by molar-refractivity contribution is 0.668. The number of hydrogen-bond donors (Lipinski definition) is 0. The van der Waals surface area contributed by atoms with Crippen molar-refractivity contribution in [2.75, 3.05) is 4.90 Å². The van der Waals surface area contributed by atoms with E-state index in [0.29, 0.717) is 0 Å².